The fourth-order valence-corrected chi connectivity index (χ4v) is 3.85. The summed E-state index contributed by atoms with van der Waals surface area (Å²) >= 11 is 0. The van der Waals surface area contributed by atoms with E-state index in [1.165, 1.54) is 0 Å². The van der Waals surface area contributed by atoms with Crippen LogP contribution in [-0.2, 0) is 14.8 Å². The Morgan fingerprint density at radius 2 is 2.12 bits per heavy atom. The Balaban J connectivity index is 1.90. The van der Waals surface area contributed by atoms with E-state index in [1.807, 2.05) is 0 Å². The van der Waals surface area contributed by atoms with Crippen LogP contribution in [0.4, 0.5) is 0 Å². The summed E-state index contributed by atoms with van der Waals surface area (Å²) in [4.78, 5) is 0. The van der Waals surface area contributed by atoms with Crippen LogP contribution in [-0.4, -0.2) is 46.0 Å². The van der Waals surface area contributed by atoms with Crippen LogP contribution in [0, 0.1) is 0 Å². The van der Waals surface area contributed by atoms with Crippen LogP contribution in [0.1, 0.15) is 25.7 Å². The number of ether oxygens (including phenoxy) is 1. The largest absolute Gasteiger partial charge is 0.380 e. The SMILES string of the molecule is O=S(=O)(N[C@@H]1CCCNC1)C1CCCOC1. The normalized spacial score (nSPS) is 32.5. The van der Waals surface area contributed by atoms with E-state index in [0.29, 0.717) is 13.2 Å². The third-order valence-corrected chi connectivity index (χ3v) is 5.10. The van der Waals surface area contributed by atoms with Crippen LogP contribution in [0.5, 0.6) is 0 Å². The summed E-state index contributed by atoms with van der Waals surface area (Å²) in [7, 11) is -3.20. The van der Waals surface area contributed by atoms with Gasteiger partial charge in [-0.05, 0) is 32.2 Å². The van der Waals surface area contributed by atoms with E-state index in [9.17, 15) is 8.42 Å². The highest BCUT2D eigenvalue weighted by molar-refractivity contribution is 7.90. The van der Waals surface area contributed by atoms with Crippen molar-refractivity contribution >= 4 is 10.0 Å². The lowest BCUT2D eigenvalue weighted by Crippen LogP contribution is -2.49. The van der Waals surface area contributed by atoms with E-state index in [1.54, 1.807) is 0 Å². The second kappa shape index (κ2) is 5.44. The van der Waals surface area contributed by atoms with Crippen molar-refractivity contribution in [1.29, 1.82) is 0 Å². The topological polar surface area (TPSA) is 67.4 Å². The van der Waals surface area contributed by atoms with Gasteiger partial charge < -0.3 is 10.1 Å². The number of sulfonamides is 1. The summed E-state index contributed by atoms with van der Waals surface area (Å²) in [6.07, 6.45) is 3.53. The molecule has 0 aromatic rings. The van der Waals surface area contributed by atoms with Crippen LogP contribution in [0.2, 0.25) is 0 Å². The summed E-state index contributed by atoms with van der Waals surface area (Å²) in [6.45, 7) is 2.77. The third kappa shape index (κ3) is 3.16. The van der Waals surface area contributed by atoms with E-state index in [0.717, 1.165) is 38.8 Å². The van der Waals surface area contributed by atoms with Crippen LogP contribution in [0.3, 0.4) is 0 Å². The van der Waals surface area contributed by atoms with Crippen molar-refractivity contribution in [3.8, 4) is 0 Å². The van der Waals surface area contributed by atoms with E-state index < -0.39 is 10.0 Å². The molecule has 0 bridgehead atoms. The Bertz CT molecular complexity index is 306. The van der Waals surface area contributed by atoms with Crippen molar-refractivity contribution in [2.45, 2.75) is 37.0 Å². The Morgan fingerprint density at radius 1 is 1.25 bits per heavy atom. The molecule has 0 saturated carbocycles. The van der Waals surface area contributed by atoms with Gasteiger partial charge in [-0.2, -0.15) is 0 Å². The van der Waals surface area contributed by atoms with Crippen molar-refractivity contribution in [2.75, 3.05) is 26.3 Å². The first-order valence-corrected chi connectivity index (χ1v) is 7.53. The molecule has 5 nitrogen and oxygen atoms in total. The molecule has 94 valence electrons. The first-order chi connectivity index (χ1) is 7.68. The average Bonchev–Trinajstić information content (AvgIpc) is 2.31. The third-order valence-electron chi connectivity index (χ3n) is 3.19. The van der Waals surface area contributed by atoms with Gasteiger partial charge in [0.25, 0.3) is 0 Å². The van der Waals surface area contributed by atoms with Gasteiger partial charge in [-0.15, -0.1) is 0 Å². The molecule has 0 aromatic carbocycles. The zero-order valence-electron chi connectivity index (χ0n) is 9.44. The summed E-state index contributed by atoms with van der Waals surface area (Å²) in [5, 5.41) is 2.84. The Labute approximate surface area is 97.0 Å². The number of piperidine rings is 1. The highest BCUT2D eigenvalue weighted by Crippen LogP contribution is 2.15. The fraction of sp³-hybridized carbons (Fsp3) is 1.00. The van der Waals surface area contributed by atoms with Gasteiger partial charge in [0.1, 0.15) is 0 Å². The molecule has 2 fully saturated rings. The zero-order valence-corrected chi connectivity index (χ0v) is 10.3. The van der Waals surface area contributed by atoms with Gasteiger partial charge in [-0.25, -0.2) is 13.1 Å². The van der Waals surface area contributed by atoms with Gasteiger partial charge in [-0.1, -0.05) is 0 Å². The van der Waals surface area contributed by atoms with Gasteiger partial charge in [0.2, 0.25) is 10.0 Å². The van der Waals surface area contributed by atoms with Gasteiger partial charge in [-0.3, -0.25) is 0 Å². The molecule has 2 saturated heterocycles. The molecular weight excluding hydrogens is 228 g/mol. The standard InChI is InChI=1S/C10H20N2O3S/c13-16(14,10-4-2-6-15-8-10)12-9-3-1-5-11-7-9/h9-12H,1-8H2/t9-,10?/m1/s1. The highest BCUT2D eigenvalue weighted by atomic mass is 32.2. The van der Waals surface area contributed by atoms with Crippen LogP contribution < -0.4 is 10.0 Å². The van der Waals surface area contributed by atoms with E-state index in [-0.39, 0.29) is 11.3 Å². The Morgan fingerprint density at radius 3 is 2.75 bits per heavy atom. The lowest BCUT2D eigenvalue weighted by Gasteiger charge is -2.28. The van der Waals surface area contributed by atoms with Crippen molar-refractivity contribution in [2.24, 2.45) is 0 Å². The molecule has 0 radical (unpaired) electrons. The van der Waals surface area contributed by atoms with Crippen molar-refractivity contribution in [3.05, 3.63) is 0 Å². The van der Waals surface area contributed by atoms with E-state index in [4.69, 9.17) is 4.74 Å². The van der Waals surface area contributed by atoms with Gasteiger partial charge in [0.15, 0.2) is 0 Å². The summed E-state index contributed by atoms with van der Waals surface area (Å²) in [6, 6.07) is 0.0562. The maximum atomic E-state index is 12.0. The van der Waals surface area contributed by atoms with Crippen LogP contribution in [0.15, 0.2) is 0 Å². The number of nitrogens with one attached hydrogen (secondary N) is 2. The van der Waals surface area contributed by atoms with Crippen molar-refractivity contribution in [3.63, 3.8) is 0 Å². The number of hydrogen-bond donors (Lipinski definition) is 2. The average molecular weight is 248 g/mol. The molecule has 2 N–H and O–H groups in total. The number of rotatable bonds is 3. The molecule has 1 unspecified atom stereocenters. The minimum atomic E-state index is -3.20. The molecule has 2 heterocycles. The van der Waals surface area contributed by atoms with Gasteiger partial charge >= 0.3 is 0 Å². The molecule has 6 heteroatoms. The molecule has 0 amide bonds. The molecule has 2 aliphatic heterocycles. The van der Waals surface area contributed by atoms with Gasteiger partial charge in [0.05, 0.1) is 11.9 Å². The molecule has 2 atom stereocenters. The van der Waals surface area contributed by atoms with Crippen molar-refractivity contribution in [1.82, 2.24) is 10.0 Å². The smallest absolute Gasteiger partial charge is 0.217 e. The van der Waals surface area contributed by atoms with Crippen LogP contribution in [0.25, 0.3) is 0 Å². The number of hydrogen-bond acceptors (Lipinski definition) is 4. The zero-order chi connectivity index (χ0) is 11.4. The van der Waals surface area contributed by atoms with E-state index >= 15 is 0 Å². The van der Waals surface area contributed by atoms with Crippen LogP contribution >= 0.6 is 0 Å². The maximum absolute atomic E-state index is 12.0. The minimum absolute atomic E-state index is 0.0562. The quantitative estimate of drug-likeness (QED) is 0.728. The first-order valence-electron chi connectivity index (χ1n) is 5.98. The highest BCUT2D eigenvalue weighted by Gasteiger charge is 2.30. The van der Waals surface area contributed by atoms with Crippen molar-refractivity contribution < 1.29 is 13.2 Å². The Hall–Kier alpha value is -0.170. The second-order valence-electron chi connectivity index (χ2n) is 4.55. The predicted molar refractivity (Wildman–Crippen MR) is 61.8 cm³/mol. The lowest BCUT2D eigenvalue weighted by molar-refractivity contribution is 0.0986. The lowest BCUT2D eigenvalue weighted by atomic mass is 10.1. The van der Waals surface area contributed by atoms with Gasteiger partial charge in [0, 0.05) is 19.2 Å². The molecule has 2 aliphatic rings. The minimum Gasteiger partial charge on any atom is -0.380 e. The first kappa shape index (κ1) is 12.3. The Kier molecular flexibility index (Phi) is 4.18. The molecule has 2 rings (SSSR count). The summed E-state index contributed by atoms with van der Waals surface area (Å²) in [5.74, 6) is 0. The second-order valence-corrected chi connectivity index (χ2v) is 6.54. The molecule has 0 aliphatic carbocycles. The molecule has 0 spiro atoms. The van der Waals surface area contributed by atoms with E-state index in [2.05, 4.69) is 10.0 Å². The summed E-state index contributed by atoms with van der Waals surface area (Å²) in [5.41, 5.74) is 0. The molecular formula is C10H20N2O3S. The maximum Gasteiger partial charge on any atom is 0.217 e. The fourth-order valence-electron chi connectivity index (χ4n) is 2.24. The summed E-state index contributed by atoms with van der Waals surface area (Å²) < 4.78 is 32.1. The molecule has 0 aromatic heterocycles. The predicted octanol–water partition coefficient (Wildman–Crippen LogP) is -0.163. The molecule has 16 heavy (non-hydrogen) atoms. The monoisotopic (exact) mass is 248 g/mol.